The topological polar surface area (TPSA) is 76.9 Å². The number of rotatable bonds is 4. The van der Waals surface area contributed by atoms with Crippen molar-refractivity contribution in [1.82, 2.24) is 19.9 Å². The first-order chi connectivity index (χ1) is 17.7. The minimum Gasteiger partial charge on any atom is -0.344 e. The fraction of sp³-hybridized carbons (Fsp3) is 0.286. The van der Waals surface area contributed by atoms with Crippen LogP contribution in [-0.2, 0) is 6.18 Å². The lowest BCUT2D eigenvalue weighted by Crippen LogP contribution is -2.28. The molecular weight excluding hydrogens is 481 g/mol. The van der Waals surface area contributed by atoms with Gasteiger partial charge >= 0.3 is 6.18 Å². The molecule has 0 saturated heterocycles. The quantitative estimate of drug-likeness (QED) is 0.389. The molecule has 37 heavy (non-hydrogen) atoms. The Labute approximate surface area is 210 Å². The molecule has 0 aliphatic heterocycles. The molecule has 188 valence electrons. The first-order valence-corrected chi connectivity index (χ1v) is 12.2. The molecule has 9 heteroatoms. The molecule has 2 bridgehead atoms. The molecule has 0 spiro atoms. The Morgan fingerprint density at radius 2 is 1.84 bits per heavy atom. The molecule has 2 aliphatic rings. The molecule has 2 unspecified atom stereocenters. The van der Waals surface area contributed by atoms with Crippen LogP contribution in [-0.4, -0.2) is 20.4 Å². The lowest BCUT2D eigenvalue weighted by Gasteiger charge is -2.21. The highest BCUT2D eigenvalue weighted by Crippen LogP contribution is 2.53. The van der Waals surface area contributed by atoms with Gasteiger partial charge in [0.2, 0.25) is 0 Å². The van der Waals surface area contributed by atoms with E-state index in [1.165, 1.54) is 10.6 Å². The molecule has 3 aromatic heterocycles. The van der Waals surface area contributed by atoms with E-state index in [9.17, 15) is 22.8 Å². The number of nitrogens with one attached hydrogen (secondary N) is 1. The lowest BCUT2D eigenvalue weighted by molar-refractivity contribution is -0.141. The number of halogens is 3. The zero-order valence-corrected chi connectivity index (χ0v) is 19.9. The highest BCUT2D eigenvalue weighted by molar-refractivity contribution is 5.99. The number of carbonyl (C=O) groups is 1. The molecule has 1 fully saturated rings. The normalized spacial score (nSPS) is 19.1. The summed E-state index contributed by atoms with van der Waals surface area (Å²) < 4.78 is 40.7. The van der Waals surface area contributed by atoms with Gasteiger partial charge in [-0.3, -0.25) is 19.1 Å². The van der Waals surface area contributed by atoms with Crippen LogP contribution in [0.25, 0.3) is 16.6 Å². The summed E-state index contributed by atoms with van der Waals surface area (Å²) in [5.74, 6) is 0.0828. The van der Waals surface area contributed by atoms with Crippen molar-refractivity contribution >= 4 is 16.8 Å². The minimum absolute atomic E-state index is 0.118. The maximum atomic E-state index is 13.7. The van der Waals surface area contributed by atoms with Crippen molar-refractivity contribution in [3.8, 4) is 5.69 Å². The third-order valence-corrected chi connectivity index (χ3v) is 7.54. The molecule has 1 N–H and O–H groups in total. The number of hydrogen-bond acceptors (Lipinski definition) is 4. The summed E-state index contributed by atoms with van der Waals surface area (Å²) in [6.07, 6.45) is 0.941. The summed E-state index contributed by atoms with van der Waals surface area (Å²) in [5, 5.41) is 3.75. The molecule has 6 rings (SSSR count). The number of fused-ring (bicyclic) bond motifs is 7. The third-order valence-electron chi connectivity index (χ3n) is 7.54. The van der Waals surface area contributed by atoms with Gasteiger partial charge in [0.15, 0.2) is 0 Å². The highest BCUT2D eigenvalue weighted by Gasteiger charge is 2.41. The largest absolute Gasteiger partial charge is 0.433 e. The van der Waals surface area contributed by atoms with Crippen molar-refractivity contribution in [1.29, 1.82) is 0 Å². The summed E-state index contributed by atoms with van der Waals surface area (Å²) in [4.78, 5) is 34.7. The summed E-state index contributed by atoms with van der Waals surface area (Å²) in [5.41, 5.74) is 2.42. The van der Waals surface area contributed by atoms with Crippen LogP contribution in [0.15, 0.2) is 65.7 Å². The van der Waals surface area contributed by atoms with Gasteiger partial charge in [0.1, 0.15) is 5.69 Å². The van der Waals surface area contributed by atoms with Gasteiger partial charge < -0.3 is 5.32 Å². The number of alkyl halides is 3. The summed E-state index contributed by atoms with van der Waals surface area (Å²) in [6.45, 7) is 1.85. The van der Waals surface area contributed by atoms with Crippen molar-refractivity contribution in [3.63, 3.8) is 0 Å². The predicted octanol–water partition coefficient (Wildman–Crippen LogP) is 5.66. The number of pyridine rings is 3. The monoisotopic (exact) mass is 504 g/mol. The molecule has 1 saturated carbocycles. The Kier molecular flexibility index (Phi) is 5.40. The van der Waals surface area contributed by atoms with Gasteiger partial charge in [-0.25, -0.2) is 4.98 Å². The standard InChI is InChI=1S/C28H23F3N4O2/c1-15(21-4-2-3-11-32-21)34-26(36)18-7-9-22-20(13-18)24-16-5-6-17(12-16)25(24)27(37)35(22)19-8-10-23(33-14-19)28(29,30)31/h2-4,7-11,13-17H,5-6,12H2,1H3,(H,34,36)/t15-,16?,17?/m0/s1. The maximum absolute atomic E-state index is 13.7. The van der Waals surface area contributed by atoms with Crippen LogP contribution in [0.4, 0.5) is 13.2 Å². The second kappa shape index (κ2) is 8.54. The van der Waals surface area contributed by atoms with Gasteiger partial charge in [-0.05, 0) is 86.1 Å². The summed E-state index contributed by atoms with van der Waals surface area (Å²) in [6, 6.07) is 12.5. The number of carbonyl (C=O) groups excluding carboxylic acids is 1. The van der Waals surface area contributed by atoms with E-state index in [4.69, 9.17) is 0 Å². The van der Waals surface area contributed by atoms with Gasteiger partial charge in [0.25, 0.3) is 11.5 Å². The van der Waals surface area contributed by atoms with Gasteiger partial charge in [-0.1, -0.05) is 6.07 Å². The second-order valence-corrected chi connectivity index (χ2v) is 9.76. The van der Waals surface area contributed by atoms with Crippen molar-refractivity contribution < 1.29 is 18.0 Å². The fourth-order valence-electron chi connectivity index (χ4n) is 5.85. The minimum atomic E-state index is -4.57. The first-order valence-electron chi connectivity index (χ1n) is 12.2. The Balaban J connectivity index is 1.47. The van der Waals surface area contributed by atoms with E-state index in [0.29, 0.717) is 16.6 Å². The SMILES string of the molecule is C[C@H](NC(=O)c1ccc2c(c1)c1c(c(=O)n2-c2ccc(C(F)(F)F)nc2)C2CCC1C2)c1ccccn1. The lowest BCUT2D eigenvalue weighted by atomic mass is 9.89. The Hall–Kier alpha value is -4.01. The molecule has 1 amide bonds. The smallest absolute Gasteiger partial charge is 0.344 e. The number of hydrogen-bond donors (Lipinski definition) is 1. The number of amides is 1. The Morgan fingerprint density at radius 3 is 2.51 bits per heavy atom. The molecule has 3 heterocycles. The van der Waals surface area contributed by atoms with Gasteiger partial charge in [0, 0.05) is 22.7 Å². The van der Waals surface area contributed by atoms with E-state index in [1.54, 1.807) is 30.5 Å². The second-order valence-electron chi connectivity index (χ2n) is 9.76. The maximum Gasteiger partial charge on any atom is 0.433 e. The van der Waals surface area contributed by atoms with E-state index < -0.39 is 11.9 Å². The molecule has 4 aromatic rings. The predicted molar refractivity (Wildman–Crippen MR) is 132 cm³/mol. The zero-order chi connectivity index (χ0) is 25.9. The molecule has 2 aliphatic carbocycles. The third kappa shape index (κ3) is 3.89. The Bertz CT molecular complexity index is 1580. The van der Waals surface area contributed by atoms with E-state index in [2.05, 4.69) is 15.3 Å². The van der Waals surface area contributed by atoms with Crippen LogP contribution in [0.1, 0.15) is 76.9 Å². The Morgan fingerprint density at radius 1 is 1.05 bits per heavy atom. The molecule has 6 nitrogen and oxygen atoms in total. The summed E-state index contributed by atoms with van der Waals surface area (Å²) in [7, 11) is 0. The van der Waals surface area contributed by atoms with E-state index in [1.807, 2.05) is 19.1 Å². The van der Waals surface area contributed by atoms with Crippen LogP contribution < -0.4 is 10.9 Å². The van der Waals surface area contributed by atoms with Gasteiger partial charge in [-0.15, -0.1) is 0 Å². The molecular formula is C28H23F3N4O2. The van der Waals surface area contributed by atoms with Crippen LogP contribution in [0.5, 0.6) is 0 Å². The van der Waals surface area contributed by atoms with E-state index in [-0.39, 0.29) is 35.0 Å². The van der Waals surface area contributed by atoms with Crippen molar-refractivity contribution in [2.75, 3.05) is 0 Å². The first kappa shape index (κ1) is 23.4. The van der Waals surface area contributed by atoms with Gasteiger partial charge in [0.05, 0.1) is 29.1 Å². The van der Waals surface area contributed by atoms with E-state index >= 15 is 0 Å². The van der Waals surface area contributed by atoms with Crippen LogP contribution in [0.2, 0.25) is 0 Å². The van der Waals surface area contributed by atoms with Crippen LogP contribution in [0.3, 0.4) is 0 Å². The molecule has 0 radical (unpaired) electrons. The highest BCUT2D eigenvalue weighted by atomic mass is 19.4. The number of aromatic nitrogens is 3. The van der Waals surface area contributed by atoms with Crippen LogP contribution >= 0.6 is 0 Å². The van der Waals surface area contributed by atoms with Crippen LogP contribution in [0, 0.1) is 0 Å². The molecule has 3 atom stereocenters. The fourth-order valence-corrected chi connectivity index (χ4v) is 5.85. The average molecular weight is 505 g/mol. The van der Waals surface area contributed by atoms with Gasteiger partial charge in [-0.2, -0.15) is 13.2 Å². The average Bonchev–Trinajstić information content (AvgIpc) is 3.52. The molecule has 1 aromatic carbocycles. The van der Waals surface area contributed by atoms with Crippen molar-refractivity contribution in [3.05, 3.63) is 99.4 Å². The van der Waals surface area contributed by atoms with Crippen molar-refractivity contribution in [2.24, 2.45) is 0 Å². The number of benzene rings is 1. The zero-order valence-electron chi connectivity index (χ0n) is 19.9. The number of nitrogens with zero attached hydrogens (tertiary/aromatic N) is 3. The van der Waals surface area contributed by atoms with Crippen molar-refractivity contribution in [2.45, 2.75) is 50.2 Å². The van der Waals surface area contributed by atoms with E-state index in [0.717, 1.165) is 48.2 Å². The summed E-state index contributed by atoms with van der Waals surface area (Å²) >= 11 is 0.